The number of hydrogen-bond acceptors (Lipinski definition) is 3. The molecule has 0 unspecified atom stereocenters. The summed E-state index contributed by atoms with van der Waals surface area (Å²) in [4.78, 5) is 14.7. The largest absolute Gasteiger partial charge is 0.496 e. The Hall–Kier alpha value is -1.55. The Bertz CT molecular complexity index is 525. The number of likely N-dealkylation sites (tertiary alicyclic amines) is 1. The molecule has 23 heavy (non-hydrogen) atoms. The first-order valence-electron chi connectivity index (χ1n) is 8.81. The molecule has 2 saturated heterocycles. The second kappa shape index (κ2) is 7.82. The number of hydrogen-bond donors (Lipinski definition) is 0. The van der Waals surface area contributed by atoms with Gasteiger partial charge in [0.2, 0.25) is 5.91 Å². The van der Waals surface area contributed by atoms with Crippen LogP contribution < -0.4 is 4.74 Å². The number of rotatable bonds is 6. The third kappa shape index (κ3) is 4.05. The van der Waals surface area contributed by atoms with Crippen LogP contribution in [0.3, 0.4) is 0 Å². The maximum Gasteiger partial charge on any atom is 0.222 e. The fourth-order valence-corrected chi connectivity index (χ4v) is 3.80. The first kappa shape index (κ1) is 16.3. The van der Waals surface area contributed by atoms with Gasteiger partial charge < -0.3 is 14.4 Å². The van der Waals surface area contributed by atoms with E-state index in [1.165, 1.54) is 5.56 Å². The lowest BCUT2D eigenvalue weighted by atomic mass is 10.0. The van der Waals surface area contributed by atoms with Crippen LogP contribution in [0.25, 0.3) is 0 Å². The van der Waals surface area contributed by atoms with Gasteiger partial charge in [-0.3, -0.25) is 4.79 Å². The predicted molar refractivity (Wildman–Crippen MR) is 89.6 cm³/mol. The third-order valence-corrected chi connectivity index (χ3v) is 5.05. The van der Waals surface area contributed by atoms with Crippen molar-refractivity contribution in [2.24, 2.45) is 0 Å². The standard InChI is InChI=1S/C19H27NO3/c1-22-18-9-3-2-6-15(18)14-16-7-4-12-20(16)19(21)11-10-17-8-5-13-23-17/h2-3,6,9,16-17H,4-5,7-8,10-14H2,1H3/t16-,17-/m1/s1. The Morgan fingerprint density at radius 1 is 1.30 bits per heavy atom. The second-order valence-corrected chi connectivity index (χ2v) is 6.57. The summed E-state index contributed by atoms with van der Waals surface area (Å²) in [7, 11) is 1.71. The maximum atomic E-state index is 12.6. The Balaban J connectivity index is 1.57. The van der Waals surface area contributed by atoms with Crippen LogP contribution in [-0.4, -0.2) is 43.2 Å². The molecule has 0 aromatic heterocycles. The molecule has 3 rings (SSSR count). The van der Waals surface area contributed by atoms with Gasteiger partial charge in [0.1, 0.15) is 5.75 Å². The summed E-state index contributed by atoms with van der Waals surface area (Å²) in [6.07, 6.45) is 7.11. The average molecular weight is 317 g/mol. The van der Waals surface area contributed by atoms with Crippen LogP contribution in [0, 0.1) is 0 Å². The molecular weight excluding hydrogens is 290 g/mol. The smallest absolute Gasteiger partial charge is 0.222 e. The van der Waals surface area contributed by atoms with Gasteiger partial charge in [-0.1, -0.05) is 18.2 Å². The van der Waals surface area contributed by atoms with Crippen LogP contribution in [0.4, 0.5) is 0 Å². The normalized spacial score (nSPS) is 24.1. The highest BCUT2D eigenvalue weighted by atomic mass is 16.5. The summed E-state index contributed by atoms with van der Waals surface area (Å²) in [6, 6.07) is 8.43. The fraction of sp³-hybridized carbons (Fsp3) is 0.632. The monoisotopic (exact) mass is 317 g/mol. The number of methoxy groups -OCH3 is 1. The van der Waals surface area contributed by atoms with E-state index in [1.807, 2.05) is 18.2 Å². The van der Waals surface area contributed by atoms with Crippen molar-refractivity contribution in [1.29, 1.82) is 0 Å². The molecule has 2 fully saturated rings. The van der Waals surface area contributed by atoms with Crippen LogP contribution in [0.1, 0.15) is 44.1 Å². The molecule has 126 valence electrons. The second-order valence-electron chi connectivity index (χ2n) is 6.57. The first-order chi connectivity index (χ1) is 11.3. The molecular formula is C19H27NO3. The van der Waals surface area contributed by atoms with Crippen molar-refractivity contribution in [3.63, 3.8) is 0 Å². The molecule has 4 heteroatoms. The van der Waals surface area contributed by atoms with Gasteiger partial charge in [0.15, 0.2) is 0 Å². The Kier molecular flexibility index (Phi) is 5.55. The van der Waals surface area contributed by atoms with Gasteiger partial charge >= 0.3 is 0 Å². The minimum Gasteiger partial charge on any atom is -0.496 e. The van der Waals surface area contributed by atoms with Crippen molar-refractivity contribution in [3.05, 3.63) is 29.8 Å². The molecule has 0 bridgehead atoms. The highest BCUT2D eigenvalue weighted by molar-refractivity contribution is 5.77. The Labute approximate surface area is 138 Å². The summed E-state index contributed by atoms with van der Waals surface area (Å²) in [6.45, 7) is 1.75. The molecule has 1 amide bonds. The Morgan fingerprint density at radius 3 is 2.96 bits per heavy atom. The van der Waals surface area contributed by atoms with Gasteiger partial charge in [-0.15, -0.1) is 0 Å². The van der Waals surface area contributed by atoms with Crippen molar-refractivity contribution < 1.29 is 14.3 Å². The number of amides is 1. The highest BCUT2D eigenvalue weighted by Gasteiger charge is 2.29. The summed E-state index contributed by atoms with van der Waals surface area (Å²) in [5.41, 5.74) is 1.19. The lowest BCUT2D eigenvalue weighted by Crippen LogP contribution is -2.37. The van der Waals surface area contributed by atoms with Crippen molar-refractivity contribution in [2.75, 3.05) is 20.3 Å². The number of benzene rings is 1. The van der Waals surface area contributed by atoms with Gasteiger partial charge in [0.05, 0.1) is 13.2 Å². The average Bonchev–Trinajstić information content (AvgIpc) is 3.25. The van der Waals surface area contributed by atoms with Crippen LogP contribution in [-0.2, 0) is 16.0 Å². The van der Waals surface area contributed by atoms with Gasteiger partial charge in [0, 0.05) is 25.6 Å². The van der Waals surface area contributed by atoms with E-state index in [0.29, 0.717) is 18.6 Å². The first-order valence-corrected chi connectivity index (χ1v) is 8.81. The van der Waals surface area contributed by atoms with Crippen LogP contribution >= 0.6 is 0 Å². The number of carbonyl (C=O) groups is 1. The quantitative estimate of drug-likeness (QED) is 0.809. The van der Waals surface area contributed by atoms with Gasteiger partial charge in [-0.25, -0.2) is 0 Å². The summed E-state index contributed by atoms with van der Waals surface area (Å²) in [5, 5.41) is 0. The SMILES string of the molecule is COc1ccccc1C[C@H]1CCCN1C(=O)CC[C@H]1CCCO1. The molecule has 0 saturated carbocycles. The number of nitrogens with zero attached hydrogens (tertiary/aromatic N) is 1. The van der Waals surface area contributed by atoms with Crippen LogP contribution in [0.5, 0.6) is 5.75 Å². The molecule has 1 aromatic carbocycles. The molecule has 2 atom stereocenters. The predicted octanol–water partition coefficient (Wildman–Crippen LogP) is 3.19. The van der Waals surface area contributed by atoms with Gasteiger partial charge in [-0.2, -0.15) is 0 Å². The lowest BCUT2D eigenvalue weighted by molar-refractivity contribution is -0.132. The third-order valence-electron chi connectivity index (χ3n) is 5.05. The minimum absolute atomic E-state index is 0.290. The number of para-hydroxylation sites is 1. The molecule has 0 N–H and O–H groups in total. The molecule has 0 spiro atoms. The van der Waals surface area contributed by atoms with E-state index in [9.17, 15) is 4.79 Å². The molecule has 1 aromatic rings. The van der Waals surface area contributed by atoms with Crippen molar-refractivity contribution >= 4 is 5.91 Å². The number of carbonyl (C=O) groups excluding carboxylic acids is 1. The van der Waals surface area contributed by atoms with E-state index >= 15 is 0 Å². The maximum absolute atomic E-state index is 12.6. The Morgan fingerprint density at radius 2 is 2.17 bits per heavy atom. The molecule has 4 nitrogen and oxygen atoms in total. The van der Waals surface area contributed by atoms with Crippen LogP contribution in [0.15, 0.2) is 24.3 Å². The lowest BCUT2D eigenvalue weighted by Gasteiger charge is -2.26. The minimum atomic E-state index is 0.290. The number of ether oxygens (including phenoxy) is 2. The zero-order valence-corrected chi connectivity index (χ0v) is 14.0. The highest BCUT2D eigenvalue weighted by Crippen LogP contribution is 2.27. The van der Waals surface area contributed by atoms with Crippen molar-refractivity contribution in [2.45, 2.75) is 57.1 Å². The molecule has 2 heterocycles. The zero-order valence-electron chi connectivity index (χ0n) is 14.0. The molecule has 2 aliphatic heterocycles. The van der Waals surface area contributed by atoms with Gasteiger partial charge in [-0.05, 0) is 50.2 Å². The van der Waals surface area contributed by atoms with E-state index < -0.39 is 0 Å². The van der Waals surface area contributed by atoms with Crippen molar-refractivity contribution in [1.82, 2.24) is 4.90 Å². The topological polar surface area (TPSA) is 38.8 Å². The summed E-state index contributed by atoms with van der Waals surface area (Å²) < 4.78 is 11.1. The molecule has 2 aliphatic rings. The van der Waals surface area contributed by atoms with E-state index in [2.05, 4.69) is 11.0 Å². The molecule has 0 aliphatic carbocycles. The molecule has 0 radical (unpaired) electrons. The van der Waals surface area contributed by atoms with E-state index in [-0.39, 0.29) is 5.91 Å². The van der Waals surface area contributed by atoms with E-state index in [0.717, 1.165) is 57.4 Å². The summed E-state index contributed by atoms with van der Waals surface area (Å²) in [5.74, 6) is 1.21. The van der Waals surface area contributed by atoms with E-state index in [1.54, 1.807) is 7.11 Å². The fourth-order valence-electron chi connectivity index (χ4n) is 3.80. The summed E-state index contributed by atoms with van der Waals surface area (Å²) >= 11 is 0. The zero-order chi connectivity index (χ0) is 16.1. The van der Waals surface area contributed by atoms with Crippen LogP contribution in [0.2, 0.25) is 0 Å². The van der Waals surface area contributed by atoms with E-state index in [4.69, 9.17) is 9.47 Å². The van der Waals surface area contributed by atoms with Crippen molar-refractivity contribution in [3.8, 4) is 5.75 Å². The van der Waals surface area contributed by atoms with Gasteiger partial charge in [0.25, 0.3) is 0 Å².